The van der Waals surface area contributed by atoms with Crippen molar-refractivity contribution in [1.29, 1.82) is 0 Å². The lowest BCUT2D eigenvalue weighted by atomic mass is 9.78. The van der Waals surface area contributed by atoms with Gasteiger partial charge in [0.25, 0.3) is 0 Å². The Morgan fingerprint density at radius 2 is 1.02 bits per heavy atom. The summed E-state index contributed by atoms with van der Waals surface area (Å²) in [5, 5.41) is 21.2. The van der Waals surface area contributed by atoms with E-state index in [0.29, 0.717) is 35.8 Å². The molecule has 8 heteroatoms. The van der Waals surface area contributed by atoms with Crippen LogP contribution in [0, 0.1) is 13.8 Å². The van der Waals surface area contributed by atoms with E-state index in [1.165, 1.54) is 0 Å². The van der Waals surface area contributed by atoms with Crippen LogP contribution in [-0.4, -0.2) is 47.6 Å². The molecule has 4 aromatic carbocycles. The first-order chi connectivity index (χ1) is 23.4. The van der Waals surface area contributed by atoms with E-state index in [2.05, 4.69) is 27.0 Å². The number of esters is 2. The van der Waals surface area contributed by atoms with Crippen LogP contribution in [0.4, 0.5) is 0 Å². The maximum absolute atomic E-state index is 11.5. The maximum atomic E-state index is 11.5. The molecule has 49 heavy (non-hydrogen) atoms. The molecule has 0 radical (unpaired) electrons. The molecule has 2 N–H and O–H groups in total. The number of rotatable bonds is 16. The Hall–Kier alpha value is -5.18. The zero-order valence-corrected chi connectivity index (χ0v) is 28.5. The van der Waals surface area contributed by atoms with Gasteiger partial charge in [0, 0.05) is 30.4 Å². The summed E-state index contributed by atoms with van der Waals surface area (Å²) in [5.41, 5.74) is 5.29. The number of carbonyl (C=O) groups excluding carboxylic acids is 2. The molecule has 0 saturated heterocycles. The van der Waals surface area contributed by atoms with Crippen molar-refractivity contribution in [3.63, 3.8) is 0 Å². The molecule has 4 rings (SSSR count). The summed E-state index contributed by atoms with van der Waals surface area (Å²) in [6, 6.07) is 26.5. The summed E-state index contributed by atoms with van der Waals surface area (Å²) < 4.78 is 22.2. The maximum Gasteiger partial charge on any atom is 0.335 e. The van der Waals surface area contributed by atoms with E-state index in [9.17, 15) is 19.8 Å². The first-order valence-corrected chi connectivity index (χ1v) is 16.1. The molecule has 2 atom stereocenters. The van der Waals surface area contributed by atoms with E-state index in [1.807, 2.05) is 86.6 Å². The van der Waals surface area contributed by atoms with Crippen molar-refractivity contribution in [3.8, 4) is 23.0 Å². The second-order valence-corrected chi connectivity index (χ2v) is 12.5. The minimum atomic E-state index is -0.717. The number of hydrogen-bond acceptors (Lipinski definition) is 8. The van der Waals surface area contributed by atoms with Gasteiger partial charge in [-0.05, 0) is 83.6 Å². The van der Waals surface area contributed by atoms with Crippen molar-refractivity contribution in [3.05, 3.63) is 144 Å². The Morgan fingerprint density at radius 3 is 1.35 bits per heavy atom. The molecule has 0 bridgehead atoms. The van der Waals surface area contributed by atoms with Crippen LogP contribution in [0.5, 0.6) is 23.0 Å². The van der Waals surface area contributed by atoms with Gasteiger partial charge >= 0.3 is 11.9 Å². The monoisotopic (exact) mass is 664 g/mol. The lowest BCUT2D eigenvalue weighted by Crippen LogP contribution is -2.21. The Morgan fingerprint density at radius 1 is 0.653 bits per heavy atom. The van der Waals surface area contributed by atoms with Gasteiger partial charge in [0.1, 0.15) is 36.2 Å². The van der Waals surface area contributed by atoms with Crippen LogP contribution in [0.1, 0.15) is 47.2 Å². The molecule has 2 unspecified atom stereocenters. The second-order valence-electron chi connectivity index (χ2n) is 12.5. The van der Waals surface area contributed by atoms with Crippen LogP contribution in [-0.2, 0) is 27.8 Å². The van der Waals surface area contributed by atoms with E-state index in [1.54, 1.807) is 12.1 Å². The van der Waals surface area contributed by atoms with E-state index in [0.717, 1.165) is 45.5 Å². The highest BCUT2D eigenvalue weighted by molar-refractivity contribution is 5.84. The number of aliphatic hydroxyl groups is 2. The van der Waals surface area contributed by atoms with Gasteiger partial charge in [-0.3, -0.25) is 0 Å². The molecule has 8 nitrogen and oxygen atoms in total. The molecule has 0 aliphatic heterocycles. The van der Waals surface area contributed by atoms with Crippen LogP contribution in [0.3, 0.4) is 0 Å². The number of aliphatic hydroxyl groups excluding tert-OH is 2. The van der Waals surface area contributed by atoms with Gasteiger partial charge in [0.2, 0.25) is 0 Å². The highest BCUT2D eigenvalue weighted by Crippen LogP contribution is 2.33. The number of hydrogen-bond donors (Lipinski definition) is 2. The summed E-state index contributed by atoms with van der Waals surface area (Å²) >= 11 is 0. The zero-order chi connectivity index (χ0) is 35.6. The van der Waals surface area contributed by atoms with E-state index in [-0.39, 0.29) is 18.6 Å². The van der Waals surface area contributed by atoms with Gasteiger partial charge in [0.05, 0.1) is 12.2 Å². The van der Waals surface area contributed by atoms with Crippen molar-refractivity contribution >= 4 is 11.9 Å². The van der Waals surface area contributed by atoms with Crippen molar-refractivity contribution in [2.24, 2.45) is 0 Å². The molecule has 0 saturated carbocycles. The molecule has 4 aromatic rings. The Bertz CT molecular complexity index is 1630. The molecule has 0 aromatic heterocycles. The fourth-order valence-electron chi connectivity index (χ4n) is 5.36. The average Bonchev–Trinajstić information content (AvgIpc) is 3.09. The van der Waals surface area contributed by atoms with E-state index < -0.39 is 24.1 Å². The predicted molar refractivity (Wildman–Crippen MR) is 189 cm³/mol. The summed E-state index contributed by atoms with van der Waals surface area (Å²) in [6.07, 6.45) is 1.58. The average molecular weight is 665 g/mol. The first-order valence-electron chi connectivity index (χ1n) is 16.1. The zero-order valence-electron chi connectivity index (χ0n) is 28.5. The lowest BCUT2D eigenvalue weighted by Gasteiger charge is -2.26. The van der Waals surface area contributed by atoms with Crippen LogP contribution in [0.2, 0.25) is 0 Å². The normalized spacial score (nSPS) is 12.4. The first kappa shape index (κ1) is 36.7. The van der Waals surface area contributed by atoms with E-state index in [4.69, 9.17) is 18.9 Å². The largest absolute Gasteiger partial charge is 0.491 e. The molecule has 0 aliphatic carbocycles. The third kappa shape index (κ3) is 10.4. The minimum Gasteiger partial charge on any atom is -0.491 e. The van der Waals surface area contributed by atoms with Crippen LogP contribution in [0.25, 0.3) is 0 Å². The Balaban J connectivity index is 1.26. The highest BCUT2D eigenvalue weighted by atomic mass is 16.5. The van der Waals surface area contributed by atoms with E-state index >= 15 is 0 Å². The molecule has 0 heterocycles. The van der Waals surface area contributed by atoms with Crippen LogP contribution >= 0.6 is 0 Å². The van der Waals surface area contributed by atoms with Gasteiger partial charge < -0.3 is 29.2 Å². The SMILES string of the molecule is C=CC(=O)Oc1ccc(CC(O)COc2ccc(C(C)(C)c3ccc(OCC(O)Cc4ccc(OC(=O)C=C)c(C)c4)cc3)cc2)cc1C. The fourth-order valence-corrected chi connectivity index (χ4v) is 5.36. The highest BCUT2D eigenvalue weighted by Gasteiger charge is 2.23. The minimum absolute atomic E-state index is 0.129. The molecule has 0 fully saturated rings. The number of ether oxygens (including phenoxy) is 4. The fraction of sp³-hybridized carbons (Fsp3) is 0.268. The summed E-state index contributed by atoms with van der Waals surface area (Å²) in [7, 11) is 0. The molecular weight excluding hydrogens is 620 g/mol. The van der Waals surface area contributed by atoms with Gasteiger partial charge in [-0.15, -0.1) is 0 Å². The van der Waals surface area contributed by atoms with Gasteiger partial charge in [-0.25, -0.2) is 9.59 Å². The Labute approximate surface area is 288 Å². The van der Waals surface area contributed by atoms with Crippen molar-refractivity contribution in [2.45, 2.75) is 58.2 Å². The van der Waals surface area contributed by atoms with Gasteiger partial charge in [-0.2, -0.15) is 0 Å². The number of aryl methyl sites for hydroxylation is 2. The molecular formula is C41H44O8. The van der Waals surface area contributed by atoms with Crippen LogP contribution < -0.4 is 18.9 Å². The quantitative estimate of drug-likeness (QED) is 0.0767. The third-order valence-corrected chi connectivity index (χ3v) is 8.21. The summed E-state index contributed by atoms with van der Waals surface area (Å²) in [6.45, 7) is 15.0. The molecule has 0 spiro atoms. The summed E-state index contributed by atoms with van der Waals surface area (Å²) in [4.78, 5) is 23.0. The molecule has 256 valence electrons. The molecule has 0 amide bonds. The van der Waals surface area contributed by atoms with Crippen molar-refractivity contribution in [1.82, 2.24) is 0 Å². The predicted octanol–water partition coefficient (Wildman–Crippen LogP) is 6.78. The number of carbonyl (C=O) groups is 2. The van der Waals surface area contributed by atoms with Gasteiger partial charge in [0.15, 0.2) is 0 Å². The Kier molecular flexibility index (Phi) is 12.5. The topological polar surface area (TPSA) is 112 Å². The smallest absolute Gasteiger partial charge is 0.335 e. The second kappa shape index (κ2) is 16.8. The molecule has 0 aliphatic rings. The number of benzene rings is 4. The van der Waals surface area contributed by atoms with Crippen molar-refractivity contribution < 1.29 is 38.7 Å². The van der Waals surface area contributed by atoms with Crippen molar-refractivity contribution in [2.75, 3.05) is 13.2 Å². The lowest BCUT2D eigenvalue weighted by molar-refractivity contribution is -0.129. The van der Waals surface area contributed by atoms with Gasteiger partial charge in [-0.1, -0.05) is 75.5 Å². The summed E-state index contributed by atoms with van der Waals surface area (Å²) in [5.74, 6) is 1.21. The standard InChI is InChI=1S/C41H44O8/c1-7-39(44)48-37-19-9-29(21-27(37)3)23-33(42)25-46-35-15-11-31(12-16-35)41(5,6)32-13-17-36(18-14-32)47-26-34(43)24-30-10-20-38(28(4)22-30)49-40(45)8-2/h7-22,33-34,42-43H,1-2,23-26H2,3-6H3. The third-order valence-electron chi connectivity index (χ3n) is 8.21. The van der Waals surface area contributed by atoms with Crippen LogP contribution in [0.15, 0.2) is 110 Å².